The lowest BCUT2D eigenvalue weighted by Crippen LogP contribution is -2.47. The fraction of sp³-hybridized carbons (Fsp3) is 0.212. The summed E-state index contributed by atoms with van der Waals surface area (Å²) in [5.41, 5.74) is 6.33. The third-order valence-electron chi connectivity index (χ3n) is 7.27. The molecule has 0 radical (unpaired) electrons. The van der Waals surface area contributed by atoms with E-state index in [1.807, 2.05) is 60.7 Å². The van der Waals surface area contributed by atoms with Gasteiger partial charge >= 0.3 is 0 Å². The van der Waals surface area contributed by atoms with Crippen molar-refractivity contribution in [2.45, 2.75) is 0 Å². The van der Waals surface area contributed by atoms with Crippen LogP contribution in [0.25, 0.3) is 11.1 Å². The number of hydrogen-bond acceptors (Lipinski definition) is 7. The minimum absolute atomic E-state index is 0.0833. The van der Waals surface area contributed by atoms with Crippen molar-refractivity contribution in [3.63, 3.8) is 0 Å². The molecule has 0 aliphatic carbocycles. The van der Waals surface area contributed by atoms with Crippen LogP contribution in [0.2, 0.25) is 15.1 Å². The molecule has 44 heavy (non-hydrogen) atoms. The molecule has 0 aromatic heterocycles. The number of anilines is 1. The number of hydrogen-bond donors (Lipinski definition) is 2. The molecule has 2 N–H and O–H groups in total. The normalized spacial score (nSPS) is 13.7. The zero-order valence-electron chi connectivity index (χ0n) is 24.0. The van der Waals surface area contributed by atoms with Gasteiger partial charge in [0.1, 0.15) is 12.4 Å². The molecule has 11 heteroatoms. The summed E-state index contributed by atoms with van der Waals surface area (Å²) < 4.78 is 12.1. The number of aromatic hydroxyl groups is 1. The van der Waals surface area contributed by atoms with Crippen molar-refractivity contribution >= 4 is 52.6 Å². The fourth-order valence-corrected chi connectivity index (χ4v) is 5.37. The molecule has 0 unspecified atom stereocenters. The van der Waals surface area contributed by atoms with E-state index < -0.39 is 5.91 Å². The first kappa shape index (κ1) is 31.5. The van der Waals surface area contributed by atoms with Gasteiger partial charge in [0.25, 0.3) is 5.91 Å². The number of piperazine rings is 1. The number of phenolic OH excluding ortho intramolecular Hbond substituents is 1. The first-order valence-electron chi connectivity index (χ1n) is 14.0. The molecule has 0 saturated carbocycles. The van der Waals surface area contributed by atoms with Crippen LogP contribution in [0.4, 0.5) is 5.69 Å². The zero-order valence-corrected chi connectivity index (χ0v) is 26.2. The first-order chi connectivity index (χ1) is 21.3. The maximum atomic E-state index is 12.5. The van der Waals surface area contributed by atoms with Gasteiger partial charge in [-0.2, -0.15) is 5.10 Å². The SMILES string of the molecule is COc1cc(/C=N/NC(=O)c2ccc(O)c(Cl)c2)cc(-c2ccccc2)c1OCCN1CCN(c2ccc(Cl)c(Cl)c2)CC1. The molecule has 1 fully saturated rings. The van der Waals surface area contributed by atoms with Gasteiger partial charge in [-0.1, -0.05) is 65.1 Å². The number of methoxy groups -OCH3 is 1. The van der Waals surface area contributed by atoms with Gasteiger partial charge in [-0.15, -0.1) is 0 Å². The summed E-state index contributed by atoms with van der Waals surface area (Å²) in [5, 5.41) is 14.9. The van der Waals surface area contributed by atoms with Crippen LogP contribution in [0.3, 0.4) is 0 Å². The van der Waals surface area contributed by atoms with Crippen molar-refractivity contribution < 1.29 is 19.4 Å². The number of nitrogens with zero attached hydrogens (tertiary/aromatic N) is 3. The van der Waals surface area contributed by atoms with Crippen molar-refractivity contribution in [3.8, 4) is 28.4 Å². The van der Waals surface area contributed by atoms with Crippen LogP contribution in [0.5, 0.6) is 17.2 Å². The van der Waals surface area contributed by atoms with Crippen LogP contribution < -0.4 is 19.8 Å². The van der Waals surface area contributed by atoms with Crippen molar-refractivity contribution in [3.05, 3.63) is 105 Å². The lowest BCUT2D eigenvalue weighted by Gasteiger charge is -2.36. The van der Waals surface area contributed by atoms with Crippen molar-refractivity contribution in [2.24, 2.45) is 5.10 Å². The monoisotopic (exact) mass is 652 g/mol. The van der Waals surface area contributed by atoms with Crippen molar-refractivity contribution in [2.75, 3.05) is 51.3 Å². The van der Waals surface area contributed by atoms with E-state index in [1.54, 1.807) is 7.11 Å². The summed E-state index contributed by atoms with van der Waals surface area (Å²) in [6.45, 7) is 4.76. The number of amides is 1. The Labute approximate surface area is 271 Å². The highest BCUT2D eigenvalue weighted by atomic mass is 35.5. The first-order valence-corrected chi connectivity index (χ1v) is 15.1. The molecule has 5 rings (SSSR count). The number of benzene rings is 4. The molecule has 228 valence electrons. The second-order valence-electron chi connectivity index (χ2n) is 10.1. The molecule has 1 aliphatic heterocycles. The molecule has 1 amide bonds. The molecule has 0 atom stereocenters. The van der Waals surface area contributed by atoms with E-state index >= 15 is 0 Å². The van der Waals surface area contributed by atoms with Crippen LogP contribution in [-0.2, 0) is 0 Å². The zero-order chi connectivity index (χ0) is 31.1. The quantitative estimate of drug-likeness (QED) is 0.142. The third-order valence-corrected chi connectivity index (χ3v) is 8.31. The molecule has 1 aliphatic rings. The Balaban J connectivity index is 1.25. The highest BCUT2D eigenvalue weighted by Crippen LogP contribution is 2.39. The van der Waals surface area contributed by atoms with Gasteiger partial charge in [0.2, 0.25) is 0 Å². The van der Waals surface area contributed by atoms with Gasteiger partial charge in [0, 0.05) is 49.5 Å². The van der Waals surface area contributed by atoms with E-state index in [9.17, 15) is 9.90 Å². The Hall–Kier alpha value is -3.95. The number of phenols is 1. The molecule has 4 aromatic rings. The standard InChI is InChI=1S/C33H31Cl3N4O4/c1-43-31-18-22(21-37-38-33(42)24-7-10-30(41)29(36)19-24)17-26(23-5-3-2-4-6-23)32(31)44-16-15-39-11-13-40(14-12-39)25-8-9-27(34)28(35)20-25/h2-10,17-21,41H,11-16H2,1H3,(H,38,42)/b37-21+. The van der Waals surface area contributed by atoms with E-state index in [0.717, 1.165) is 49.5 Å². The van der Waals surface area contributed by atoms with Crippen LogP contribution >= 0.6 is 34.8 Å². The van der Waals surface area contributed by atoms with E-state index in [4.69, 9.17) is 44.3 Å². The van der Waals surface area contributed by atoms with Gasteiger partial charge < -0.3 is 19.5 Å². The molecule has 8 nitrogen and oxygen atoms in total. The predicted molar refractivity (Wildman–Crippen MR) is 177 cm³/mol. The van der Waals surface area contributed by atoms with Gasteiger partial charge in [-0.3, -0.25) is 9.69 Å². The van der Waals surface area contributed by atoms with Crippen LogP contribution in [-0.4, -0.2) is 68.6 Å². The topological polar surface area (TPSA) is 86.6 Å². The largest absolute Gasteiger partial charge is 0.506 e. The average molecular weight is 654 g/mol. The molecule has 0 bridgehead atoms. The van der Waals surface area contributed by atoms with E-state index in [-0.39, 0.29) is 16.3 Å². The molecule has 0 spiro atoms. The molecular weight excluding hydrogens is 623 g/mol. The van der Waals surface area contributed by atoms with Crippen molar-refractivity contribution in [1.82, 2.24) is 10.3 Å². The van der Waals surface area contributed by atoms with Crippen LogP contribution in [0, 0.1) is 0 Å². The highest BCUT2D eigenvalue weighted by molar-refractivity contribution is 6.42. The molecule has 4 aromatic carbocycles. The lowest BCUT2D eigenvalue weighted by molar-refractivity contribution is 0.0955. The van der Waals surface area contributed by atoms with Gasteiger partial charge in [0.15, 0.2) is 11.5 Å². The van der Waals surface area contributed by atoms with Gasteiger partial charge in [-0.25, -0.2) is 5.43 Å². The second kappa shape index (κ2) is 14.7. The number of nitrogens with one attached hydrogen (secondary N) is 1. The number of halogens is 3. The number of ether oxygens (including phenoxy) is 2. The smallest absolute Gasteiger partial charge is 0.271 e. The Kier molecular flexibility index (Phi) is 10.5. The number of hydrazone groups is 1. The summed E-state index contributed by atoms with van der Waals surface area (Å²) >= 11 is 18.2. The number of rotatable bonds is 10. The van der Waals surface area contributed by atoms with E-state index in [0.29, 0.717) is 33.7 Å². The summed E-state index contributed by atoms with van der Waals surface area (Å²) in [7, 11) is 1.59. The molecular formula is C33H31Cl3N4O4. The van der Waals surface area contributed by atoms with Crippen molar-refractivity contribution in [1.29, 1.82) is 0 Å². The number of carbonyl (C=O) groups excluding carboxylic acids is 1. The predicted octanol–water partition coefficient (Wildman–Crippen LogP) is 6.99. The summed E-state index contributed by atoms with van der Waals surface area (Å²) in [6.07, 6.45) is 1.53. The lowest BCUT2D eigenvalue weighted by atomic mass is 10.0. The molecule has 1 heterocycles. The summed E-state index contributed by atoms with van der Waals surface area (Å²) in [5.74, 6) is 0.620. The Morgan fingerprint density at radius 2 is 1.70 bits per heavy atom. The maximum absolute atomic E-state index is 12.5. The summed E-state index contributed by atoms with van der Waals surface area (Å²) in [6, 6.07) is 23.6. The van der Waals surface area contributed by atoms with Crippen LogP contribution in [0.1, 0.15) is 15.9 Å². The van der Waals surface area contributed by atoms with E-state index in [1.165, 1.54) is 24.4 Å². The second-order valence-corrected chi connectivity index (χ2v) is 11.3. The van der Waals surface area contributed by atoms with Gasteiger partial charge in [-0.05, 0) is 59.7 Å². The highest BCUT2D eigenvalue weighted by Gasteiger charge is 2.19. The minimum atomic E-state index is -0.462. The Bertz CT molecular complexity index is 1640. The average Bonchev–Trinajstić information content (AvgIpc) is 3.04. The fourth-order valence-electron chi connectivity index (χ4n) is 4.90. The maximum Gasteiger partial charge on any atom is 0.271 e. The van der Waals surface area contributed by atoms with Gasteiger partial charge in [0.05, 0.1) is 28.4 Å². The molecule has 1 saturated heterocycles. The number of carbonyl (C=O) groups is 1. The Morgan fingerprint density at radius 1 is 0.932 bits per heavy atom. The Morgan fingerprint density at radius 3 is 2.41 bits per heavy atom. The third kappa shape index (κ3) is 7.76. The summed E-state index contributed by atoms with van der Waals surface area (Å²) in [4.78, 5) is 17.2. The van der Waals surface area contributed by atoms with E-state index in [2.05, 4.69) is 20.3 Å². The van der Waals surface area contributed by atoms with Crippen LogP contribution in [0.15, 0.2) is 84.0 Å². The minimum Gasteiger partial charge on any atom is -0.506 e.